The fraction of sp³-hybridized carbons (Fsp3) is 0.118. The Morgan fingerprint density at radius 3 is 2.35 bits per heavy atom. The molecule has 132 valence electrons. The van der Waals surface area contributed by atoms with Gasteiger partial charge < -0.3 is 10.1 Å². The maximum Gasteiger partial charge on any atom is 0.413 e. The highest BCUT2D eigenvalue weighted by Crippen LogP contribution is 2.18. The predicted molar refractivity (Wildman–Crippen MR) is 94.4 cm³/mol. The lowest BCUT2D eigenvalue weighted by molar-refractivity contribution is 0.102. The predicted octanol–water partition coefficient (Wildman–Crippen LogP) is 2.12. The van der Waals surface area contributed by atoms with Crippen LogP contribution >= 0.6 is 0 Å². The Balaban J connectivity index is 1.67. The molecule has 0 fully saturated rings. The topological polar surface area (TPSA) is 102 Å². The Kier molecular flexibility index (Phi) is 4.88. The average Bonchev–Trinajstić information content (AvgIpc) is 3.22. The van der Waals surface area contributed by atoms with Crippen LogP contribution in [-0.2, 0) is 4.74 Å². The van der Waals surface area contributed by atoms with Crippen LogP contribution in [0, 0.1) is 0 Å². The summed E-state index contributed by atoms with van der Waals surface area (Å²) in [6.07, 6.45) is 1.01. The van der Waals surface area contributed by atoms with Gasteiger partial charge in [-0.25, -0.2) is 9.48 Å². The molecule has 0 radical (unpaired) electrons. The van der Waals surface area contributed by atoms with Gasteiger partial charge in [0, 0.05) is 24.0 Å². The molecule has 3 aromatic rings. The number of tetrazole rings is 1. The second-order valence-electron chi connectivity index (χ2n) is 5.33. The van der Waals surface area contributed by atoms with E-state index in [0.29, 0.717) is 16.9 Å². The van der Waals surface area contributed by atoms with Crippen LogP contribution in [0.1, 0.15) is 10.4 Å². The van der Waals surface area contributed by atoms with E-state index < -0.39 is 6.09 Å². The Bertz CT molecular complexity index is 891. The first-order valence-corrected chi connectivity index (χ1v) is 7.65. The molecule has 0 saturated carbocycles. The fourth-order valence-corrected chi connectivity index (χ4v) is 2.26. The number of rotatable bonds is 4. The third-order valence-corrected chi connectivity index (χ3v) is 3.70. The lowest BCUT2D eigenvalue weighted by atomic mass is 10.2. The number of aromatic nitrogens is 4. The molecule has 1 heterocycles. The lowest BCUT2D eigenvalue weighted by Crippen LogP contribution is -2.25. The highest BCUT2D eigenvalue weighted by molar-refractivity contribution is 6.04. The number of benzene rings is 2. The van der Waals surface area contributed by atoms with Gasteiger partial charge in [0.25, 0.3) is 5.91 Å². The van der Waals surface area contributed by atoms with E-state index in [-0.39, 0.29) is 5.91 Å². The van der Waals surface area contributed by atoms with Gasteiger partial charge in [0.15, 0.2) is 0 Å². The van der Waals surface area contributed by atoms with E-state index >= 15 is 0 Å². The number of hydrogen-bond donors (Lipinski definition) is 1. The zero-order chi connectivity index (χ0) is 18.5. The number of nitrogens with one attached hydrogen (secondary N) is 1. The Labute approximate surface area is 149 Å². The molecular weight excluding hydrogens is 336 g/mol. The van der Waals surface area contributed by atoms with E-state index in [4.69, 9.17) is 0 Å². The third kappa shape index (κ3) is 3.66. The van der Waals surface area contributed by atoms with Gasteiger partial charge in [0.2, 0.25) is 0 Å². The summed E-state index contributed by atoms with van der Waals surface area (Å²) >= 11 is 0. The zero-order valence-corrected chi connectivity index (χ0v) is 14.2. The Hall–Kier alpha value is -3.75. The summed E-state index contributed by atoms with van der Waals surface area (Å²) in [4.78, 5) is 25.2. The maximum atomic E-state index is 12.3. The number of anilines is 2. The molecule has 3 rings (SSSR count). The normalized spacial score (nSPS) is 10.2. The number of hydrogen-bond acceptors (Lipinski definition) is 6. The number of ether oxygens (including phenoxy) is 1. The molecule has 0 saturated heterocycles. The molecular formula is C17H16N6O3. The molecule has 26 heavy (non-hydrogen) atoms. The summed E-state index contributed by atoms with van der Waals surface area (Å²) in [7, 11) is 2.92. The van der Waals surface area contributed by atoms with Crippen LogP contribution in [0.4, 0.5) is 16.2 Å². The molecule has 0 spiro atoms. The molecule has 0 unspecified atom stereocenters. The molecule has 1 N–H and O–H groups in total. The minimum atomic E-state index is -0.468. The molecule has 2 aromatic carbocycles. The Morgan fingerprint density at radius 2 is 1.77 bits per heavy atom. The van der Waals surface area contributed by atoms with Crippen LogP contribution in [0.15, 0.2) is 54.9 Å². The van der Waals surface area contributed by atoms with Crippen molar-refractivity contribution in [1.82, 2.24) is 20.2 Å². The van der Waals surface area contributed by atoms with Crippen LogP contribution in [0.25, 0.3) is 5.69 Å². The Morgan fingerprint density at radius 1 is 1.08 bits per heavy atom. The van der Waals surface area contributed by atoms with E-state index in [0.717, 1.165) is 5.69 Å². The van der Waals surface area contributed by atoms with Crippen LogP contribution in [0.3, 0.4) is 0 Å². The smallest absolute Gasteiger partial charge is 0.413 e. The summed E-state index contributed by atoms with van der Waals surface area (Å²) in [6, 6.07) is 13.7. The van der Waals surface area contributed by atoms with Crippen molar-refractivity contribution in [1.29, 1.82) is 0 Å². The molecule has 9 nitrogen and oxygen atoms in total. The van der Waals surface area contributed by atoms with Crippen molar-refractivity contribution in [3.8, 4) is 5.69 Å². The quantitative estimate of drug-likeness (QED) is 0.771. The highest BCUT2D eigenvalue weighted by Gasteiger charge is 2.11. The van der Waals surface area contributed by atoms with E-state index in [9.17, 15) is 9.59 Å². The first-order valence-electron chi connectivity index (χ1n) is 7.65. The maximum absolute atomic E-state index is 12.3. The molecule has 0 aliphatic carbocycles. The first kappa shape index (κ1) is 17.1. The number of nitrogens with zero attached hydrogens (tertiary/aromatic N) is 5. The van der Waals surface area contributed by atoms with E-state index in [1.54, 1.807) is 55.6 Å². The van der Waals surface area contributed by atoms with Crippen molar-refractivity contribution in [3.05, 3.63) is 60.4 Å². The van der Waals surface area contributed by atoms with Crippen molar-refractivity contribution in [2.45, 2.75) is 0 Å². The highest BCUT2D eigenvalue weighted by atomic mass is 16.5. The van der Waals surface area contributed by atoms with Gasteiger partial charge in [0.05, 0.1) is 12.8 Å². The van der Waals surface area contributed by atoms with Gasteiger partial charge in [0.1, 0.15) is 6.33 Å². The summed E-state index contributed by atoms with van der Waals surface area (Å²) in [5.74, 6) is -0.248. The third-order valence-electron chi connectivity index (χ3n) is 3.70. The minimum Gasteiger partial charge on any atom is -0.452 e. The van der Waals surface area contributed by atoms with Gasteiger partial charge in [-0.05, 0) is 59.0 Å². The fourth-order valence-electron chi connectivity index (χ4n) is 2.26. The zero-order valence-electron chi connectivity index (χ0n) is 14.2. The molecule has 0 bridgehead atoms. The minimum absolute atomic E-state index is 0.248. The molecule has 0 aliphatic heterocycles. The number of carbonyl (C=O) groups is 2. The van der Waals surface area contributed by atoms with E-state index in [1.165, 1.54) is 23.0 Å². The molecule has 0 atom stereocenters. The lowest BCUT2D eigenvalue weighted by Gasteiger charge is -2.16. The van der Waals surface area contributed by atoms with Crippen molar-refractivity contribution in [3.63, 3.8) is 0 Å². The monoisotopic (exact) mass is 352 g/mol. The van der Waals surface area contributed by atoms with Crippen molar-refractivity contribution in [2.75, 3.05) is 24.4 Å². The standard InChI is InChI=1S/C17H16N6O3/c1-22(17(25)26-2)14-9-5-13(6-10-14)19-16(24)12-3-7-15(8-4-12)23-11-18-20-21-23/h3-11H,1-2H3,(H,19,24). The second kappa shape index (κ2) is 7.43. The van der Waals surface area contributed by atoms with Gasteiger partial charge in [-0.1, -0.05) is 0 Å². The summed E-state index contributed by atoms with van der Waals surface area (Å²) in [6.45, 7) is 0. The average molecular weight is 352 g/mol. The number of amides is 2. The largest absolute Gasteiger partial charge is 0.452 e. The van der Waals surface area contributed by atoms with Crippen molar-refractivity contribution < 1.29 is 14.3 Å². The van der Waals surface area contributed by atoms with Gasteiger partial charge in [-0.2, -0.15) is 0 Å². The molecule has 2 amide bonds. The van der Waals surface area contributed by atoms with Gasteiger partial charge in [-0.3, -0.25) is 9.69 Å². The first-order chi connectivity index (χ1) is 12.6. The number of methoxy groups -OCH3 is 1. The van der Waals surface area contributed by atoms with E-state index in [2.05, 4.69) is 25.6 Å². The molecule has 0 aliphatic rings. The van der Waals surface area contributed by atoms with Crippen LogP contribution < -0.4 is 10.2 Å². The van der Waals surface area contributed by atoms with Crippen LogP contribution in [0.5, 0.6) is 0 Å². The van der Waals surface area contributed by atoms with Gasteiger partial charge in [-0.15, -0.1) is 5.10 Å². The summed E-state index contributed by atoms with van der Waals surface area (Å²) < 4.78 is 6.16. The molecule has 1 aromatic heterocycles. The SMILES string of the molecule is COC(=O)N(C)c1ccc(NC(=O)c2ccc(-n3cnnn3)cc2)cc1. The van der Waals surface area contributed by atoms with Crippen molar-refractivity contribution in [2.24, 2.45) is 0 Å². The molecule has 9 heteroatoms. The van der Waals surface area contributed by atoms with Crippen molar-refractivity contribution >= 4 is 23.4 Å². The summed E-state index contributed by atoms with van der Waals surface area (Å²) in [5, 5.41) is 13.7. The number of carbonyl (C=O) groups excluding carboxylic acids is 2. The summed E-state index contributed by atoms with van der Waals surface area (Å²) in [5.41, 5.74) is 2.52. The van der Waals surface area contributed by atoms with E-state index in [1.807, 2.05) is 0 Å². The van der Waals surface area contributed by atoms with Crippen LogP contribution in [-0.4, -0.2) is 46.4 Å². The van der Waals surface area contributed by atoms with Gasteiger partial charge >= 0.3 is 6.09 Å². The van der Waals surface area contributed by atoms with Crippen LogP contribution in [0.2, 0.25) is 0 Å². The second-order valence-corrected chi connectivity index (χ2v) is 5.33.